The molecular weight excluding hydrogens is 420 g/mol. The van der Waals surface area contributed by atoms with Crippen LogP contribution in [0.5, 0.6) is 11.5 Å². The largest absolute Gasteiger partial charge is 0.490 e. The zero-order chi connectivity index (χ0) is 21.5. The lowest BCUT2D eigenvalue weighted by molar-refractivity contribution is -0.113. The second-order valence-electron chi connectivity index (χ2n) is 5.93. The maximum Gasteiger partial charge on any atom is 0.387 e. The van der Waals surface area contributed by atoms with E-state index >= 15 is 0 Å². The van der Waals surface area contributed by atoms with Crippen molar-refractivity contribution in [3.8, 4) is 11.5 Å². The topological polar surface area (TPSA) is 104 Å². The number of nitrogens with one attached hydrogen (secondary N) is 1. The van der Waals surface area contributed by atoms with Crippen molar-refractivity contribution < 1.29 is 27.5 Å². The summed E-state index contributed by atoms with van der Waals surface area (Å²) < 4.78 is 41.8. The highest BCUT2D eigenvalue weighted by Crippen LogP contribution is 2.32. The molecular formula is C18H19F2N5O4S. The van der Waals surface area contributed by atoms with Crippen molar-refractivity contribution in [1.82, 2.24) is 20.0 Å². The van der Waals surface area contributed by atoms with E-state index in [9.17, 15) is 13.6 Å². The van der Waals surface area contributed by atoms with E-state index in [1.807, 2.05) is 13.0 Å². The van der Waals surface area contributed by atoms with Crippen LogP contribution in [-0.4, -0.2) is 44.9 Å². The van der Waals surface area contributed by atoms with E-state index in [1.165, 1.54) is 18.2 Å². The van der Waals surface area contributed by atoms with Gasteiger partial charge in [0.15, 0.2) is 11.5 Å². The number of alkyl halides is 2. The van der Waals surface area contributed by atoms with Gasteiger partial charge in [-0.25, -0.2) is 0 Å². The number of aryl methyl sites for hydroxylation is 1. The number of carbonyl (C=O) groups excluding carboxylic acids is 1. The molecule has 0 unspecified atom stereocenters. The first-order valence-corrected chi connectivity index (χ1v) is 9.88. The Bertz CT molecular complexity index is 995. The Morgan fingerprint density at radius 3 is 2.83 bits per heavy atom. The van der Waals surface area contributed by atoms with Gasteiger partial charge in [0.1, 0.15) is 6.54 Å². The Labute approximate surface area is 174 Å². The second kappa shape index (κ2) is 10.1. The summed E-state index contributed by atoms with van der Waals surface area (Å²) in [6, 6.07) is 6.03. The van der Waals surface area contributed by atoms with Gasteiger partial charge in [-0.1, -0.05) is 11.8 Å². The molecule has 0 saturated carbocycles. The minimum atomic E-state index is -2.97. The van der Waals surface area contributed by atoms with Gasteiger partial charge in [0.2, 0.25) is 11.8 Å². The number of nitrogens with zero attached hydrogens (tertiary/aromatic N) is 4. The number of carbonyl (C=O) groups is 1. The number of hydrogen-bond donors (Lipinski definition) is 1. The number of thioether (sulfide) groups is 1. The molecule has 0 bridgehead atoms. The fourth-order valence-electron chi connectivity index (χ4n) is 2.42. The third-order valence-corrected chi connectivity index (χ3v) is 4.41. The van der Waals surface area contributed by atoms with Crippen LogP contribution >= 0.6 is 11.8 Å². The molecule has 0 aliphatic carbocycles. The number of anilines is 1. The molecule has 1 aromatic carbocycles. The lowest BCUT2D eigenvalue weighted by Crippen LogP contribution is -2.14. The number of benzene rings is 1. The fourth-order valence-corrected chi connectivity index (χ4v) is 3.00. The van der Waals surface area contributed by atoms with E-state index in [4.69, 9.17) is 9.15 Å². The summed E-state index contributed by atoms with van der Waals surface area (Å²) in [5, 5.41) is 15.0. The van der Waals surface area contributed by atoms with Gasteiger partial charge in [0, 0.05) is 18.0 Å². The molecule has 0 atom stereocenters. The molecule has 160 valence electrons. The summed E-state index contributed by atoms with van der Waals surface area (Å²) in [6.07, 6.45) is 1.80. The molecule has 9 nitrogen and oxygen atoms in total. The predicted molar refractivity (Wildman–Crippen MR) is 104 cm³/mol. The smallest absolute Gasteiger partial charge is 0.387 e. The Hall–Kier alpha value is -3.15. The van der Waals surface area contributed by atoms with E-state index in [0.717, 1.165) is 17.5 Å². The second-order valence-corrected chi connectivity index (χ2v) is 6.85. The van der Waals surface area contributed by atoms with Crippen molar-refractivity contribution in [3.63, 3.8) is 0 Å². The van der Waals surface area contributed by atoms with Gasteiger partial charge in [-0.3, -0.25) is 9.48 Å². The zero-order valence-electron chi connectivity index (χ0n) is 16.2. The molecule has 1 N–H and O–H groups in total. The van der Waals surface area contributed by atoms with Crippen molar-refractivity contribution in [2.75, 3.05) is 17.7 Å². The molecule has 0 aliphatic heterocycles. The van der Waals surface area contributed by atoms with Gasteiger partial charge in [0.25, 0.3) is 5.22 Å². The highest BCUT2D eigenvalue weighted by molar-refractivity contribution is 7.99. The Balaban J connectivity index is 1.53. The highest BCUT2D eigenvalue weighted by Gasteiger charge is 2.14. The molecule has 0 fully saturated rings. The number of aromatic nitrogens is 4. The Kier molecular flexibility index (Phi) is 7.22. The number of rotatable bonds is 10. The molecule has 2 aromatic heterocycles. The van der Waals surface area contributed by atoms with Crippen molar-refractivity contribution in [1.29, 1.82) is 0 Å². The Morgan fingerprint density at radius 2 is 2.13 bits per heavy atom. The predicted octanol–water partition coefficient (Wildman–Crippen LogP) is 3.35. The van der Waals surface area contributed by atoms with Gasteiger partial charge >= 0.3 is 6.61 Å². The standard InChI is InChI=1S/C18H19F2N5O4S/c1-3-27-14-8-12(4-5-13(14)28-17(19)20)21-15(26)10-30-18-23-22-16(29-18)9-25-7-6-11(2)24-25/h4-8,17H,3,9-10H2,1-2H3,(H,21,26). The van der Waals surface area contributed by atoms with E-state index in [0.29, 0.717) is 18.1 Å². The molecule has 0 aliphatic rings. The SMILES string of the molecule is CCOc1cc(NC(=O)CSc2nnc(Cn3ccc(C)n3)o2)ccc1OC(F)F. The summed E-state index contributed by atoms with van der Waals surface area (Å²) in [4.78, 5) is 12.2. The van der Waals surface area contributed by atoms with Crippen molar-refractivity contribution in [2.24, 2.45) is 0 Å². The van der Waals surface area contributed by atoms with E-state index in [2.05, 4.69) is 25.3 Å². The van der Waals surface area contributed by atoms with E-state index < -0.39 is 6.61 Å². The summed E-state index contributed by atoms with van der Waals surface area (Å²) in [5.74, 6) is 0.0509. The quantitative estimate of drug-likeness (QED) is 0.480. The van der Waals surface area contributed by atoms with Gasteiger partial charge in [0.05, 0.1) is 18.1 Å². The maximum atomic E-state index is 12.5. The Morgan fingerprint density at radius 1 is 1.30 bits per heavy atom. The van der Waals surface area contributed by atoms with Crippen molar-refractivity contribution in [2.45, 2.75) is 32.2 Å². The number of hydrogen-bond acceptors (Lipinski definition) is 8. The molecule has 2 heterocycles. The molecule has 0 spiro atoms. The number of halogens is 2. The van der Waals surface area contributed by atoms with Gasteiger partial charge in [-0.2, -0.15) is 13.9 Å². The van der Waals surface area contributed by atoms with Gasteiger partial charge in [-0.05, 0) is 32.0 Å². The van der Waals surface area contributed by atoms with E-state index in [-0.39, 0.29) is 35.0 Å². The van der Waals surface area contributed by atoms with Crippen LogP contribution in [-0.2, 0) is 11.3 Å². The summed E-state index contributed by atoms with van der Waals surface area (Å²) in [7, 11) is 0. The summed E-state index contributed by atoms with van der Waals surface area (Å²) in [5.41, 5.74) is 1.26. The van der Waals surface area contributed by atoms with Crippen LogP contribution in [0.2, 0.25) is 0 Å². The molecule has 3 rings (SSSR count). The normalized spacial score (nSPS) is 11.0. The first-order valence-electron chi connectivity index (χ1n) is 8.89. The van der Waals surface area contributed by atoms with Crippen LogP contribution in [0.1, 0.15) is 18.5 Å². The average molecular weight is 439 g/mol. The molecule has 0 saturated heterocycles. The van der Waals surface area contributed by atoms with Crippen LogP contribution in [0.25, 0.3) is 0 Å². The lowest BCUT2D eigenvalue weighted by atomic mass is 10.2. The lowest BCUT2D eigenvalue weighted by Gasteiger charge is -2.13. The minimum Gasteiger partial charge on any atom is -0.490 e. The summed E-state index contributed by atoms with van der Waals surface area (Å²) in [6.45, 7) is 1.20. The highest BCUT2D eigenvalue weighted by atomic mass is 32.2. The minimum absolute atomic E-state index is 0.0156. The molecule has 12 heteroatoms. The first kappa shape index (κ1) is 21.6. The fraction of sp³-hybridized carbons (Fsp3) is 0.333. The average Bonchev–Trinajstić information content (AvgIpc) is 3.31. The number of amides is 1. The van der Waals surface area contributed by atoms with Crippen LogP contribution in [0.15, 0.2) is 40.1 Å². The molecule has 1 amide bonds. The first-order chi connectivity index (χ1) is 14.4. The van der Waals surface area contributed by atoms with Crippen LogP contribution in [0, 0.1) is 6.92 Å². The van der Waals surface area contributed by atoms with Crippen LogP contribution < -0.4 is 14.8 Å². The van der Waals surface area contributed by atoms with Crippen LogP contribution in [0.4, 0.5) is 14.5 Å². The zero-order valence-corrected chi connectivity index (χ0v) is 17.0. The molecule has 30 heavy (non-hydrogen) atoms. The van der Waals surface area contributed by atoms with Gasteiger partial charge < -0.3 is 19.2 Å². The van der Waals surface area contributed by atoms with Crippen molar-refractivity contribution >= 4 is 23.4 Å². The summed E-state index contributed by atoms with van der Waals surface area (Å²) >= 11 is 1.07. The third kappa shape index (κ3) is 6.17. The van der Waals surface area contributed by atoms with Crippen LogP contribution in [0.3, 0.4) is 0 Å². The molecule has 3 aromatic rings. The number of ether oxygens (including phenoxy) is 2. The monoisotopic (exact) mass is 439 g/mol. The maximum absolute atomic E-state index is 12.5. The molecule has 0 radical (unpaired) electrons. The van der Waals surface area contributed by atoms with Crippen molar-refractivity contribution in [3.05, 3.63) is 42.0 Å². The van der Waals surface area contributed by atoms with Gasteiger partial charge in [-0.15, -0.1) is 10.2 Å². The van der Waals surface area contributed by atoms with E-state index in [1.54, 1.807) is 17.8 Å². The third-order valence-electron chi connectivity index (χ3n) is 3.59.